The Labute approximate surface area is 119 Å². The summed E-state index contributed by atoms with van der Waals surface area (Å²) in [6, 6.07) is 8.67. The first-order chi connectivity index (χ1) is 9.60. The van der Waals surface area contributed by atoms with Gasteiger partial charge in [-0.1, -0.05) is 38.1 Å². The average Bonchev–Trinajstić information content (AvgIpc) is 2.48. The largest absolute Gasteiger partial charge is 0.453 e. The number of guanidine groups is 1. The Morgan fingerprint density at radius 2 is 2.10 bits per heavy atom. The highest BCUT2D eigenvalue weighted by atomic mass is 16.5. The van der Waals surface area contributed by atoms with E-state index in [1.165, 1.54) is 18.2 Å². The van der Waals surface area contributed by atoms with Crippen LogP contribution in [0.1, 0.15) is 36.8 Å². The summed E-state index contributed by atoms with van der Waals surface area (Å²) < 4.78 is 4.53. The number of carbonyl (C=O) groups is 1. The van der Waals surface area contributed by atoms with Crippen molar-refractivity contribution in [3.63, 3.8) is 0 Å². The summed E-state index contributed by atoms with van der Waals surface area (Å²) in [7, 11) is 1.33. The molecule has 0 saturated heterocycles. The zero-order chi connectivity index (χ0) is 14.5. The fourth-order valence-corrected chi connectivity index (χ4v) is 2.15. The Balaban J connectivity index is 1.97. The first-order valence-corrected chi connectivity index (χ1v) is 6.83. The van der Waals surface area contributed by atoms with E-state index in [9.17, 15) is 4.79 Å². The number of alkyl carbamates (subject to hydrolysis) is 1. The van der Waals surface area contributed by atoms with E-state index < -0.39 is 6.09 Å². The Bertz CT molecular complexity index is 494. The third kappa shape index (κ3) is 3.50. The molecule has 1 aromatic carbocycles. The lowest BCUT2D eigenvalue weighted by atomic mass is 9.94. The van der Waals surface area contributed by atoms with Gasteiger partial charge in [-0.2, -0.15) is 0 Å². The number of benzene rings is 1. The van der Waals surface area contributed by atoms with Crippen LogP contribution in [0.15, 0.2) is 29.3 Å². The number of hydrogen-bond donors (Lipinski definition) is 2. The predicted molar refractivity (Wildman–Crippen MR) is 79.1 cm³/mol. The van der Waals surface area contributed by atoms with Crippen molar-refractivity contribution in [1.29, 1.82) is 0 Å². The molecule has 0 saturated carbocycles. The SMILES string of the molecule is COC(=O)NC1=NCC(c2ccc(C(C)C)cc2)CN1. The van der Waals surface area contributed by atoms with Gasteiger partial charge in [-0.25, -0.2) is 4.79 Å². The smallest absolute Gasteiger partial charge is 0.413 e. The monoisotopic (exact) mass is 275 g/mol. The molecule has 0 fully saturated rings. The highest BCUT2D eigenvalue weighted by Gasteiger charge is 2.18. The molecule has 1 aliphatic rings. The van der Waals surface area contributed by atoms with Crippen LogP contribution in [0, 0.1) is 0 Å². The van der Waals surface area contributed by atoms with Crippen LogP contribution in [0.4, 0.5) is 4.79 Å². The van der Waals surface area contributed by atoms with Gasteiger partial charge < -0.3 is 10.1 Å². The summed E-state index contributed by atoms with van der Waals surface area (Å²) in [5.41, 5.74) is 2.61. The van der Waals surface area contributed by atoms with Gasteiger partial charge in [0.05, 0.1) is 13.7 Å². The van der Waals surface area contributed by atoms with Gasteiger partial charge in [0.2, 0.25) is 5.96 Å². The van der Waals surface area contributed by atoms with Crippen molar-refractivity contribution < 1.29 is 9.53 Å². The van der Waals surface area contributed by atoms with Gasteiger partial charge >= 0.3 is 6.09 Å². The van der Waals surface area contributed by atoms with E-state index in [4.69, 9.17) is 0 Å². The lowest BCUT2D eigenvalue weighted by molar-refractivity contribution is 0.176. The van der Waals surface area contributed by atoms with Crippen LogP contribution >= 0.6 is 0 Å². The van der Waals surface area contributed by atoms with E-state index in [0.29, 0.717) is 24.3 Å². The number of carbonyl (C=O) groups excluding carboxylic acids is 1. The zero-order valence-corrected chi connectivity index (χ0v) is 12.1. The predicted octanol–water partition coefficient (Wildman–Crippen LogP) is 2.21. The molecule has 2 rings (SSSR count). The Hall–Kier alpha value is -2.04. The highest BCUT2D eigenvalue weighted by molar-refractivity contribution is 5.94. The van der Waals surface area contributed by atoms with Crippen LogP contribution in [0.2, 0.25) is 0 Å². The molecule has 0 bridgehead atoms. The van der Waals surface area contributed by atoms with Crippen LogP contribution < -0.4 is 10.6 Å². The van der Waals surface area contributed by atoms with Gasteiger partial charge in [0.1, 0.15) is 0 Å². The van der Waals surface area contributed by atoms with Crippen LogP contribution in [0.5, 0.6) is 0 Å². The van der Waals surface area contributed by atoms with Crippen molar-refractivity contribution in [3.8, 4) is 0 Å². The number of ether oxygens (including phenoxy) is 1. The molecular formula is C15H21N3O2. The molecule has 108 valence electrons. The van der Waals surface area contributed by atoms with E-state index in [1.54, 1.807) is 0 Å². The topological polar surface area (TPSA) is 62.7 Å². The number of aliphatic imine (C=N–C) groups is 1. The second-order valence-corrected chi connectivity index (χ2v) is 5.21. The van der Waals surface area contributed by atoms with Gasteiger partial charge in [0.25, 0.3) is 0 Å². The average molecular weight is 275 g/mol. The summed E-state index contributed by atoms with van der Waals surface area (Å²) in [4.78, 5) is 15.4. The van der Waals surface area contributed by atoms with Crippen molar-refractivity contribution in [2.75, 3.05) is 20.2 Å². The standard InChI is InChI=1S/C15H21N3O2/c1-10(2)11-4-6-12(7-5-11)13-8-16-14(17-9-13)18-15(19)20-3/h4-7,10,13H,8-9H2,1-3H3,(H2,16,17,18,19). The van der Waals surface area contributed by atoms with Crippen LogP contribution in [0.25, 0.3) is 0 Å². The van der Waals surface area contributed by atoms with Crippen LogP contribution in [0.3, 0.4) is 0 Å². The molecule has 1 heterocycles. The quantitative estimate of drug-likeness (QED) is 0.870. The number of nitrogens with zero attached hydrogens (tertiary/aromatic N) is 1. The maximum atomic E-state index is 11.1. The molecule has 5 nitrogen and oxygen atoms in total. The fourth-order valence-electron chi connectivity index (χ4n) is 2.15. The third-order valence-electron chi connectivity index (χ3n) is 3.47. The summed E-state index contributed by atoms with van der Waals surface area (Å²) in [5, 5.41) is 5.65. The molecule has 1 amide bonds. The summed E-state index contributed by atoms with van der Waals surface area (Å²) in [6.45, 7) is 5.79. The van der Waals surface area contributed by atoms with E-state index in [1.807, 2.05) is 0 Å². The number of nitrogens with one attached hydrogen (secondary N) is 2. The Morgan fingerprint density at radius 1 is 1.40 bits per heavy atom. The number of hydrogen-bond acceptors (Lipinski definition) is 4. The van der Waals surface area contributed by atoms with Gasteiger partial charge in [-0.3, -0.25) is 10.3 Å². The molecule has 2 N–H and O–H groups in total. The summed E-state index contributed by atoms with van der Waals surface area (Å²) in [5.74, 6) is 1.36. The minimum atomic E-state index is -0.504. The molecule has 1 unspecified atom stereocenters. The molecule has 1 aliphatic heterocycles. The van der Waals surface area contributed by atoms with Crippen molar-refractivity contribution in [2.45, 2.75) is 25.7 Å². The molecule has 0 aromatic heterocycles. The molecule has 5 heteroatoms. The van der Waals surface area contributed by atoms with Crippen LogP contribution in [-0.4, -0.2) is 32.3 Å². The van der Waals surface area contributed by atoms with E-state index >= 15 is 0 Å². The van der Waals surface area contributed by atoms with Crippen molar-refractivity contribution in [3.05, 3.63) is 35.4 Å². The second kappa shape index (κ2) is 6.41. The zero-order valence-electron chi connectivity index (χ0n) is 12.1. The number of methoxy groups -OCH3 is 1. The van der Waals surface area contributed by atoms with Crippen molar-refractivity contribution in [1.82, 2.24) is 10.6 Å². The summed E-state index contributed by atoms with van der Waals surface area (Å²) >= 11 is 0. The lowest BCUT2D eigenvalue weighted by Gasteiger charge is -2.23. The van der Waals surface area contributed by atoms with Crippen LogP contribution in [-0.2, 0) is 4.74 Å². The van der Waals surface area contributed by atoms with E-state index in [2.05, 4.69) is 58.5 Å². The van der Waals surface area contributed by atoms with Gasteiger partial charge in [0, 0.05) is 12.5 Å². The van der Waals surface area contributed by atoms with Crippen molar-refractivity contribution >= 4 is 12.1 Å². The molecule has 0 aliphatic carbocycles. The molecular weight excluding hydrogens is 254 g/mol. The van der Waals surface area contributed by atoms with Gasteiger partial charge in [-0.05, 0) is 17.0 Å². The first-order valence-electron chi connectivity index (χ1n) is 6.83. The lowest BCUT2D eigenvalue weighted by Crippen LogP contribution is -2.45. The van der Waals surface area contributed by atoms with Crippen molar-refractivity contribution in [2.24, 2.45) is 4.99 Å². The van der Waals surface area contributed by atoms with E-state index in [0.717, 1.165) is 6.54 Å². The summed E-state index contributed by atoms with van der Waals surface area (Å²) in [6.07, 6.45) is -0.504. The molecule has 0 radical (unpaired) electrons. The minimum Gasteiger partial charge on any atom is -0.453 e. The molecule has 1 atom stereocenters. The molecule has 20 heavy (non-hydrogen) atoms. The Morgan fingerprint density at radius 3 is 2.60 bits per heavy atom. The first kappa shape index (κ1) is 14.4. The highest BCUT2D eigenvalue weighted by Crippen LogP contribution is 2.21. The second-order valence-electron chi connectivity index (χ2n) is 5.21. The van der Waals surface area contributed by atoms with Gasteiger partial charge in [0.15, 0.2) is 0 Å². The van der Waals surface area contributed by atoms with Gasteiger partial charge in [-0.15, -0.1) is 0 Å². The molecule has 1 aromatic rings. The van der Waals surface area contributed by atoms with E-state index in [-0.39, 0.29) is 0 Å². The fraction of sp³-hybridized carbons (Fsp3) is 0.467. The molecule has 0 spiro atoms. The maximum absolute atomic E-state index is 11.1. The third-order valence-corrected chi connectivity index (χ3v) is 3.47. The normalized spacial score (nSPS) is 18.2. The number of amides is 1. The number of rotatable bonds is 2. The maximum Gasteiger partial charge on any atom is 0.413 e. The minimum absolute atomic E-state index is 0.333. The Kier molecular flexibility index (Phi) is 4.61.